The van der Waals surface area contributed by atoms with Gasteiger partial charge in [0.1, 0.15) is 0 Å². The van der Waals surface area contributed by atoms with Crippen LogP contribution in [0.3, 0.4) is 0 Å². The second-order valence-corrected chi connectivity index (χ2v) is 8.28. The molecule has 27 heavy (non-hydrogen) atoms. The summed E-state index contributed by atoms with van der Waals surface area (Å²) in [5.41, 5.74) is 3.26. The maximum absolute atomic E-state index is 5.94. The summed E-state index contributed by atoms with van der Waals surface area (Å²) in [5, 5.41) is 11.3. The lowest BCUT2D eigenvalue weighted by molar-refractivity contribution is 1.13. The highest BCUT2D eigenvalue weighted by Crippen LogP contribution is 2.27. The van der Waals surface area contributed by atoms with Crippen LogP contribution < -0.4 is 10.6 Å². The van der Waals surface area contributed by atoms with Crippen molar-refractivity contribution in [3.63, 3.8) is 0 Å². The summed E-state index contributed by atoms with van der Waals surface area (Å²) in [6, 6.07) is 18.0. The highest BCUT2D eigenvalue weighted by Gasteiger charge is 2.06. The van der Waals surface area contributed by atoms with Crippen LogP contribution in [0.2, 0.25) is 5.02 Å². The van der Waals surface area contributed by atoms with Crippen molar-refractivity contribution < 1.29 is 0 Å². The van der Waals surface area contributed by atoms with Crippen LogP contribution in [0, 0.1) is 0 Å². The fourth-order valence-electron chi connectivity index (χ4n) is 2.52. The van der Waals surface area contributed by atoms with Crippen molar-refractivity contribution in [3.05, 3.63) is 81.6 Å². The molecule has 2 aromatic heterocycles. The molecule has 4 rings (SSSR count). The van der Waals surface area contributed by atoms with Crippen molar-refractivity contribution in [3.8, 4) is 11.3 Å². The predicted octanol–water partition coefficient (Wildman–Crippen LogP) is 6.14. The zero-order chi connectivity index (χ0) is 18.5. The fourth-order valence-corrected chi connectivity index (χ4v) is 4.11. The molecular formula is C20H17ClN4S2. The van der Waals surface area contributed by atoms with Crippen molar-refractivity contribution in [2.24, 2.45) is 0 Å². The number of hydrogen-bond donors (Lipinski definition) is 2. The molecule has 4 nitrogen and oxygen atoms in total. The Kier molecular flexibility index (Phi) is 5.67. The molecule has 0 aliphatic rings. The minimum Gasteiger partial charge on any atom is -0.357 e. The number of aromatic nitrogens is 2. The summed E-state index contributed by atoms with van der Waals surface area (Å²) in [6.45, 7) is 1.48. The van der Waals surface area contributed by atoms with Crippen LogP contribution in [0.4, 0.5) is 10.3 Å². The van der Waals surface area contributed by atoms with Crippen molar-refractivity contribution in [1.82, 2.24) is 9.97 Å². The van der Waals surface area contributed by atoms with Gasteiger partial charge in [-0.2, -0.15) is 0 Å². The summed E-state index contributed by atoms with van der Waals surface area (Å²) >= 11 is 9.19. The summed E-state index contributed by atoms with van der Waals surface area (Å²) in [4.78, 5) is 10.2. The van der Waals surface area contributed by atoms with Gasteiger partial charge in [-0.05, 0) is 17.7 Å². The molecule has 0 atom stereocenters. The maximum Gasteiger partial charge on any atom is 0.183 e. The lowest BCUT2D eigenvalue weighted by Gasteiger charge is -2.02. The van der Waals surface area contributed by atoms with Gasteiger partial charge in [-0.15, -0.1) is 22.7 Å². The number of hydrogen-bond acceptors (Lipinski definition) is 6. The van der Waals surface area contributed by atoms with E-state index in [4.69, 9.17) is 11.6 Å². The molecule has 0 bridgehead atoms. The molecule has 136 valence electrons. The van der Waals surface area contributed by atoms with Gasteiger partial charge in [0.15, 0.2) is 10.3 Å². The first-order valence-corrected chi connectivity index (χ1v) is 10.5. The molecule has 0 amide bonds. The first-order valence-electron chi connectivity index (χ1n) is 8.44. The van der Waals surface area contributed by atoms with Gasteiger partial charge in [-0.1, -0.05) is 54.1 Å². The van der Waals surface area contributed by atoms with Crippen LogP contribution in [-0.4, -0.2) is 9.97 Å². The molecule has 0 fully saturated rings. The SMILES string of the molecule is Clc1ccc(-c2csc(NCc3cnc(NCc4ccccc4)s3)n2)cc1. The first-order chi connectivity index (χ1) is 13.3. The third-order valence-corrected chi connectivity index (χ3v) is 5.91. The van der Waals surface area contributed by atoms with Crippen LogP contribution >= 0.6 is 34.3 Å². The number of rotatable bonds is 7. The Bertz CT molecular complexity index is 996. The standard InChI is InChI=1S/C20H17ClN4S2/c21-16-8-6-15(7-9-16)18-13-26-20(25-18)24-12-17-11-23-19(27-17)22-10-14-4-2-1-3-5-14/h1-9,11,13H,10,12H2,(H,22,23)(H,24,25). The van der Waals surface area contributed by atoms with Gasteiger partial charge < -0.3 is 10.6 Å². The van der Waals surface area contributed by atoms with E-state index in [2.05, 4.69) is 32.7 Å². The lowest BCUT2D eigenvalue weighted by Crippen LogP contribution is -1.98. The lowest BCUT2D eigenvalue weighted by atomic mass is 10.2. The van der Waals surface area contributed by atoms with Gasteiger partial charge in [0.2, 0.25) is 0 Å². The van der Waals surface area contributed by atoms with Crippen LogP contribution in [0.5, 0.6) is 0 Å². The van der Waals surface area contributed by atoms with Crippen molar-refractivity contribution >= 4 is 44.5 Å². The molecule has 0 spiro atoms. The number of nitrogens with zero attached hydrogens (tertiary/aromatic N) is 2. The summed E-state index contributed by atoms with van der Waals surface area (Å²) in [5.74, 6) is 0. The van der Waals surface area contributed by atoms with Gasteiger partial charge in [-0.3, -0.25) is 0 Å². The Morgan fingerprint density at radius 3 is 2.48 bits per heavy atom. The van der Waals surface area contributed by atoms with E-state index in [1.807, 2.05) is 54.0 Å². The number of benzene rings is 2. The molecule has 0 radical (unpaired) electrons. The second kappa shape index (κ2) is 8.52. The normalized spacial score (nSPS) is 10.7. The molecule has 0 saturated carbocycles. The van der Waals surface area contributed by atoms with Crippen molar-refractivity contribution in [1.29, 1.82) is 0 Å². The van der Waals surface area contributed by atoms with Gasteiger partial charge in [0.05, 0.1) is 12.2 Å². The smallest absolute Gasteiger partial charge is 0.183 e. The molecule has 2 heterocycles. The minimum absolute atomic E-state index is 0.707. The maximum atomic E-state index is 5.94. The first kappa shape index (κ1) is 18.0. The molecule has 0 saturated heterocycles. The molecule has 2 N–H and O–H groups in total. The van der Waals surface area contributed by atoms with Gasteiger partial charge in [0, 0.05) is 33.6 Å². The Hall–Kier alpha value is -2.41. The largest absolute Gasteiger partial charge is 0.357 e. The van der Waals surface area contributed by atoms with Crippen LogP contribution in [0.15, 0.2) is 66.2 Å². The highest BCUT2D eigenvalue weighted by atomic mass is 35.5. The van der Waals surface area contributed by atoms with E-state index in [1.165, 1.54) is 5.56 Å². The van der Waals surface area contributed by atoms with Gasteiger partial charge in [0.25, 0.3) is 0 Å². The Labute approximate surface area is 170 Å². The Morgan fingerprint density at radius 1 is 0.889 bits per heavy atom. The van der Waals surface area contributed by atoms with E-state index in [0.717, 1.165) is 38.0 Å². The third kappa shape index (κ3) is 4.86. The van der Waals surface area contributed by atoms with Gasteiger partial charge in [-0.25, -0.2) is 9.97 Å². The Balaban J connectivity index is 1.32. The van der Waals surface area contributed by atoms with E-state index >= 15 is 0 Å². The monoisotopic (exact) mass is 412 g/mol. The van der Waals surface area contributed by atoms with E-state index < -0.39 is 0 Å². The number of anilines is 2. The molecule has 0 aliphatic carbocycles. The van der Waals surface area contributed by atoms with Gasteiger partial charge >= 0.3 is 0 Å². The molecular weight excluding hydrogens is 396 g/mol. The van der Waals surface area contributed by atoms with Crippen LogP contribution in [0.1, 0.15) is 10.4 Å². The number of halogens is 1. The van der Waals surface area contributed by atoms with Crippen LogP contribution in [-0.2, 0) is 13.1 Å². The molecule has 0 aliphatic heterocycles. The summed E-state index contributed by atoms with van der Waals surface area (Å²) < 4.78 is 0. The van der Waals surface area contributed by atoms with Crippen molar-refractivity contribution in [2.45, 2.75) is 13.1 Å². The molecule has 7 heteroatoms. The zero-order valence-corrected chi connectivity index (χ0v) is 16.7. The number of thiazole rings is 2. The van der Waals surface area contributed by atoms with E-state index in [9.17, 15) is 0 Å². The quantitative estimate of drug-likeness (QED) is 0.382. The molecule has 4 aromatic rings. The zero-order valence-electron chi connectivity index (χ0n) is 14.4. The van der Waals surface area contributed by atoms with E-state index in [-0.39, 0.29) is 0 Å². The predicted molar refractivity (Wildman–Crippen MR) is 116 cm³/mol. The summed E-state index contributed by atoms with van der Waals surface area (Å²) in [7, 11) is 0. The minimum atomic E-state index is 0.707. The molecule has 0 unspecified atom stereocenters. The average molecular weight is 413 g/mol. The van der Waals surface area contributed by atoms with E-state index in [1.54, 1.807) is 22.7 Å². The summed E-state index contributed by atoms with van der Waals surface area (Å²) in [6.07, 6.45) is 1.90. The average Bonchev–Trinajstić information content (AvgIpc) is 3.36. The van der Waals surface area contributed by atoms with Crippen molar-refractivity contribution in [2.75, 3.05) is 10.6 Å². The highest BCUT2D eigenvalue weighted by molar-refractivity contribution is 7.15. The second-order valence-electron chi connectivity index (χ2n) is 5.87. The van der Waals surface area contributed by atoms with Crippen LogP contribution in [0.25, 0.3) is 11.3 Å². The topological polar surface area (TPSA) is 49.8 Å². The molecule has 2 aromatic carbocycles. The van der Waals surface area contributed by atoms with E-state index in [0.29, 0.717) is 6.54 Å². The third-order valence-electron chi connectivity index (χ3n) is 3.90. The Morgan fingerprint density at radius 2 is 1.67 bits per heavy atom. The fraction of sp³-hybridized carbons (Fsp3) is 0.100. The number of nitrogens with one attached hydrogen (secondary N) is 2.